The second-order valence-electron chi connectivity index (χ2n) is 6.83. The van der Waals surface area contributed by atoms with E-state index < -0.39 is 12.6 Å². The lowest BCUT2D eigenvalue weighted by Crippen LogP contribution is -2.39. The summed E-state index contributed by atoms with van der Waals surface area (Å²) in [6, 6.07) is 3.06. The van der Waals surface area contributed by atoms with Crippen molar-refractivity contribution in [3.05, 3.63) is 24.0 Å². The van der Waals surface area contributed by atoms with Crippen LogP contribution in [0.5, 0.6) is 5.88 Å². The first-order valence-electron chi connectivity index (χ1n) is 8.89. The lowest BCUT2D eigenvalue weighted by Gasteiger charge is -2.29. The number of nitrogens with zero attached hydrogens (tertiary/aromatic N) is 4. The molecule has 1 N–H and O–H groups in total. The topological polar surface area (TPSA) is 74.1 Å². The minimum atomic E-state index is -2.59. The number of halogens is 3. The maximum atomic E-state index is 13.4. The largest absolute Gasteiger partial charge is 0.469 e. The molecule has 1 saturated carbocycles. The Kier molecular flexibility index (Phi) is 4.90. The molecule has 4 rings (SSSR count). The van der Waals surface area contributed by atoms with Gasteiger partial charge in [-0.25, -0.2) is 17.9 Å². The average molecular weight is 383 g/mol. The van der Waals surface area contributed by atoms with E-state index >= 15 is 0 Å². The van der Waals surface area contributed by atoms with Gasteiger partial charge < -0.3 is 14.8 Å². The summed E-state index contributed by atoms with van der Waals surface area (Å²) in [5.41, 5.74) is 0.265. The van der Waals surface area contributed by atoms with Crippen molar-refractivity contribution in [2.75, 3.05) is 18.5 Å². The van der Waals surface area contributed by atoms with Crippen LogP contribution in [0.25, 0.3) is 5.95 Å². The number of aromatic nitrogens is 4. The highest BCUT2D eigenvalue weighted by Crippen LogP contribution is 2.34. The van der Waals surface area contributed by atoms with Crippen molar-refractivity contribution < 1.29 is 22.6 Å². The smallest absolute Gasteiger partial charge is 0.255 e. The van der Waals surface area contributed by atoms with Crippen LogP contribution in [-0.2, 0) is 11.4 Å². The third-order valence-corrected chi connectivity index (χ3v) is 4.64. The number of hydrogen-bond donors (Lipinski definition) is 1. The van der Waals surface area contributed by atoms with Gasteiger partial charge in [-0.3, -0.25) is 0 Å². The van der Waals surface area contributed by atoms with Crippen molar-refractivity contribution >= 4 is 5.82 Å². The molecule has 2 aromatic rings. The molecule has 2 aromatic heterocycles. The van der Waals surface area contributed by atoms with Crippen LogP contribution in [0, 0.1) is 0 Å². The molecule has 146 valence electrons. The zero-order valence-corrected chi connectivity index (χ0v) is 14.6. The molecule has 0 aromatic carbocycles. The normalized spacial score (nSPS) is 20.3. The summed E-state index contributed by atoms with van der Waals surface area (Å²) in [7, 11) is 0. The van der Waals surface area contributed by atoms with E-state index in [4.69, 9.17) is 9.47 Å². The van der Waals surface area contributed by atoms with E-state index in [1.165, 1.54) is 10.7 Å². The Morgan fingerprint density at radius 3 is 2.67 bits per heavy atom. The predicted octanol–water partition coefficient (Wildman–Crippen LogP) is 2.90. The second kappa shape index (κ2) is 7.34. The Morgan fingerprint density at radius 1 is 1.26 bits per heavy atom. The molecule has 27 heavy (non-hydrogen) atoms. The fraction of sp³-hybridized carbons (Fsp3) is 0.588. The van der Waals surface area contributed by atoms with Gasteiger partial charge in [-0.05, 0) is 18.9 Å². The molecule has 0 radical (unpaired) electrons. The van der Waals surface area contributed by atoms with E-state index in [0.717, 1.165) is 0 Å². The molecule has 1 aliphatic carbocycles. The summed E-state index contributed by atoms with van der Waals surface area (Å²) in [4.78, 5) is 8.71. The fourth-order valence-corrected chi connectivity index (χ4v) is 3.04. The number of ether oxygens (including phenoxy) is 2. The lowest BCUT2D eigenvalue weighted by atomic mass is 9.92. The summed E-state index contributed by atoms with van der Waals surface area (Å²) >= 11 is 0. The SMILES string of the molecule is FCc1ccn(-c2nc(NC3CCC(F)(F)CC3)cc(OC3COC3)n2)n1. The minimum absolute atomic E-state index is 0.0898. The number of alkyl halides is 3. The molecule has 10 heteroatoms. The molecule has 2 aliphatic rings. The van der Waals surface area contributed by atoms with E-state index in [0.29, 0.717) is 37.8 Å². The molecule has 7 nitrogen and oxygen atoms in total. The predicted molar refractivity (Wildman–Crippen MR) is 90.0 cm³/mol. The second-order valence-corrected chi connectivity index (χ2v) is 6.83. The molecular weight excluding hydrogens is 363 g/mol. The Labute approximate surface area is 153 Å². The van der Waals surface area contributed by atoms with Crippen LogP contribution in [0.3, 0.4) is 0 Å². The Bertz CT molecular complexity index is 787. The summed E-state index contributed by atoms with van der Waals surface area (Å²) in [5, 5.41) is 7.26. The van der Waals surface area contributed by atoms with E-state index in [1.807, 2.05) is 0 Å². The monoisotopic (exact) mass is 383 g/mol. The van der Waals surface area contributed by atoms with Crippen LogP contribution in [0.4, 0.5) is 19.0 Å². The highest BCUT2D eigenvalue weighted by molar-refractivity contribution is 5.42. The van der Waals surface area contributed by atoms with Gasteiger partial charge in [0.1, 0.15) is 18.6 Å². The molecule has 0 bridgehead atoms. The Balaban J connectivity index is 1.55. The first kappa shape index (κ1) is 18.0. The van der Waals surface area contributed by atoms with Crippen molar-refractivity contribution in [2.24, 2.45) is 0 Å². The highest BCUT2D eigenvalue weighted by Gasteiger charge is 2.35. The highest BCUT2D eigenvalue weighted by atomic mass is 19.3. The molecule has 1 aliphatic heterocycles. The van der Waals surface area contributed by atoms with E-state index in [9.17, 15) is 13.2 Å². The number of hydrogen-bond acceptors (Lipinski definition) is 6. The van der Waals surface area contributed by atoms with Crippen LogP contribution in [0.2, 0.25) is 0 Å². The Morgan fingerprint density at radius 2 is 2.04 bits per heavy atom. The molecule has 2 fully saturated rings. The van der Waals surface area contributed by atoms with Crippen LogP contribution in [0.1, 0.15) is 31.4 Å². The molecule has 0 unspecified atom stereocenters. The zero-order valence-electron chi connectivity index (χ0n) is 14.6. The van der Waals surface area contributed by atoms with Crippen molar-refractivity contribution in [3.8, 4) is 11.8 Å². The van der Waals surface area contributed by atoms with E-state index in [1.54, 1.807) is 12.3 Å². The molecule has 0 atom stereocenters. The number of anilines is 1. The van der Waals surface area contributed by atoms with Crippen LogP contribution in [-0.4, -0.2) is 51.0 Å². The quantitative estimate of drug-likeness (QED) is 0.827. The Hall–Kier alpha value is -2.36. The van der Waals surface area contributed by atoms with E-state index in [2.05, 4.69) is 20.4 Å². The molecule has 0 spiro atoms. The van der Waals surface area contributed by atoms with Crippen molar-refractivity contribution in [1.82, 2.24) is 19.7 Å². The summed E-state index contributed by atoms with van der Waals surface area (Å²) < 4.78 is 51.7. The van der Waals surface area contributed by atoms with E-state index in [-0.39, 0.29) is 36.6 Å². The van der Waals surface area contributed by atoms with Gasteiger partial charge in [0.25, 0.3) is 5.95 Å². The van der Waals surface area contributed by atoms with Crippen molar-refractivity contribution in [2.45, 2.75) is 50.4 Å². The van der Waals surface area contributed by atoms with Gasteiger partial charge in [-0.2, -0.15) is 15.1 Å². The van der Waals surface area contributed by atoms with Gasteiger partial charge in [-0.15, -0.1) is 0 Å². The lowest BCUT2D eigenvalue weighted by molar-refractivity contribution is -0.0813. The molecule has 1 saturated heterocycles. The van der Waals surface area contributed by atoms with Gasteiger partial charge in [-0.1, -0.05) is 0 Å². The molecule has 0 amide bonds. The van der Waals surface area contributed by atoms with Gasteiger partial charge in [0.2, 0.25) is 11.8 Å². The van der Waals surface area contributed by atoms with Crippen LogP contribution in [0.15, 0.2) is 18.3 Å². The van der Waals surface area contributed by atoms with Gasteiger partial charge in [0.15, 0.2) is 0 Å². The van der Waals surface area contributed by atoms with Crippen molar-refractivity contribution in [3.63, 3.8) is 0 Å². The molecular formula is C17H20F3N5O2. The van der Waals surface area contributed by atoms with Gasteiger partial charge in [0, 0.05) is 31.1 Å². The standard InChI is InChI=1S/C17H20F3N5O2/c18-8-12-3-6-25(24-12)16-22-14(7-15(23-16)27-13-9-26-10-13)21-11-1-4-17(19,20)5-2-11/h3,6-7,11,13H,1-2,4-5,8-10H2,(H,21,22,23). The number of nitrogens with one attached hydrogen (secondary N) is 1. The van der Waals surface area contributed by atoms with Crippen LogP contribution >= 0.6 is 0 Å². The minimum Gasteiger partial charge on any atom is -0.469 e. The maximum Gasteiger partial charge on any atom is 0.255 e. The summed E-state index contributed by atoms with van der Waals surface area (Å²) in [6.07, 6.45) is 1.88. The van der Waals surface area contributed by atoms with Gasteiger partial charge in [0.05, 0.1) is 18.9 Å². The maximum absolute atomic E-state index is 13.4. The first-order chi connectivity index (χ1) is 13.0. The van der Waals surface area contributed by atoms with Gasteiger partial charge >= 0.3 is 0 Å². The third kappa shape index (κ3) is 4.32. The fourth-order valence-electron chi connectivity index (χ4n) is 3.04. The zero-order chi connectivity index (χ0) is 18.9. The van der Waals surface area contributed by atoms with Crippen LogP contribution < -0.4 is 10.1 Å². The summed E-state index contributed by atoms with van der Waals surface area (Å²) in [5.74, 6) is -1.58. The molecule has 3 heterocycles. The third-order valence-electron chi connectivity index (χ3n) is 4.64. The average Bonchev–Trinajstić information content (AvgIpc) is 3.09. The first-order valence-corrected chi connectivity index (χ1v) is 8.89. The van der Waals surface area contributed by atoms with Crippen molar-refractivity contribution in [1.29, 1.82) is 0 Å². The summed E-state index contributed by atoms with van der Waals surface area (Å²) in [6.45, 7) is 0.269. The number of rotatable bonds is 6.